The normalized spacial score (nSPS) is 12.3. The summed E-state index contributed by atoms with van der Waals surface area (Å²) in [6.45, 7) is 0. The van der Waals surface area contributed by atoms with Gasteiger partial charge in [0.15, 0.2) is 5.65 Å². The Hall–Kier alpha value is -7.05. The lowest BCUT2D eigenvalue weighted by Crippen LogP contribution is -2.05. The molecule has 0 bridgehead atoms. The van der Waals surface area contributed by atoms with Crippen LogP contribution in [0.4, 0.5) is 0 Å². The van der Waals surface area contributed by atoms with Crippen molar-refractivity contribution in [3.63, 3.8) is 0 Å². The van der Waals surface area contributed by atoms with Gasteiger partial charge in [0, 0.05) is 44.1 Å². The Labute approximate surface area is 289 Å². The standard InChI is InChI=1S/C45H25N5O/c1-3-12-28-26(10-1)21-23-36-39(28)32-24-25-49-35-17-7-6-16-34(35)46-44(49)43(32)50(36)45-47-41-29-13-4-2-11-27(29)20-22-33(41)42(48-45)31-15-9-19-38-40(31)30-14-5-8-18-37(30)51-38/h1-25H. The minimum Gasteiger partial charge on any atom is -0.456 e. The van der Waals surface area contributed by atoms with E-state index in [1.165, 1.54) is 10.8 Å². The van der Waals surface area contributed by atoms with Crippen molar-refractivity contribution >= 4 is 92.9 Å². The van der Waals surface area contributed by atoms with Crippen LogP contribution in [-0.2, 0) is 0 Å². The molecule has 5 aromatic heterocycles. The molecule has 5 heterocycles. The predicted octanol–water partition coefficient (Wildman–Crippen LogP) is 11.4. The summed E-state index contributed by atoms with van der Waals surface area (Å²) >= 11 is 0. The lowest BCUT2D eigenvalue weighted by Gasteiger charge is -2.14. The number of fused-ring (bicyclic) bond motifs is 15. The number of benzene rings is 7. The van der Waals surface area contributed by atoms with E-state index in [-0.39, 0.29) is 0 Å². The van der Waals surface area contributed by atoms with Gasteiger partial charge in [-0.15, -0.1) is 0 Å². The highest BCUT2D eigenvalue weighted by Gasteiger charge is 2.24. The Bertz CT molecular complexity index is 3440. The van der Waals surface area contributed by atoms with Crippen molar-refractivity contribution in [1.82, 2.24) is 23.9 Å². The third-order valence-electron chi connectivity index (χ3n) is 10.5. The lowest BCUT2D eigenvalue weighted by molar-refractivity contribution is 0.669. The predicted molar refractivity (Wildman–Crippen MR) is 208 cm³/mol. The zero-order chi connectivity index (χ0) is 33.2. The number of hydrogen-bond acceptors (Lipinski definition) is 4. The Kier molecular flexibility index (Phi) is 5.14. The lowest BCUT2D eigenvalue weighted by atomic mass is 9.98. The third kappa shape index (κ3) is 3.57. The van der Waals surface area contributed by atoms with Gasteiger partial charge < -0.3 is 4.42 Å². The molecule has 0 spiro atoms. The highest BCUT2D eigenvalue weighted by molar-refractivity contribution is 6.24. The zero-order valence-electron chi connectivity index (χ0n) is 27.1. The van der Waals surface area contributed by atoms with E-state index in [1.54, 1.807) is 0 Å². The number of nitrogens with zero attached hydrogens (tertiary/aromatic N) is 5. The molecule has 0 fully saturated rings. The summed E-state index contributed by atoms with van der Waals surface area (Å²) < 4.78 is 10.8. The number of furan rings is 1. The number of pyridine rings is 1. The summed E-state index contributed by atoms with van der Waals surface area (Å²) in [7, 11) is 0. The molecule has 51 heavy (non-hydrogen) atoms. The maximum Gasteiger partial charge on any atom is 0.235 e. The van der Waals surface area contributed by atoms with Crippen molar-refractivity contribution in [2.45, 2.75) is 0 Å². The molecule has 0 aliphatic carbocycles. The van der Waals surface area contributed by atoms with Gasteiger partial charge in [0.1, 0.15) is 16.7 Å². The second-order valence-electron chi connectivity index (χ2n) is 13.2. The van der Waals surface area contributed by atoms with Crippen LogP contribution in [0.5, 0.6) is 0 Å². The average Bonchev–Trinajstić information content (AvgIpc) is 3.87. The molecule has 0 aliphatic rings. The van der Waals surface area contributed by atoms with E-state index in [4.69, 9.17) is 19.4 Å². The number of imidazole rings is 1. The van der Waals surface area contributed by atoms with Gasteiger partial charge in [0.2, 0.25) is 5.95 Å². The minimum absolute atomic E-state index is 0.592. The van der Waals surface area contributed by atoms with E-state index in [2.05, 4.69) is 136 Å². The smallest absolute Gasteiger partial charge is 0.235 e. The van der Waals surface area contributed by atoms with Crippen molar-refractivity contribution in [3.05, 3.63) is 152 Å². The summed E-state index contributed by atoms with van der Waals surface area (Å²) in [5.41, 5.74) is 9.30. The van der Waals surface area contributed by atoms with Crippen molar-refractivity contribution in [1.29, 1.82) is 0 Å². The molecule has 12 rings (SSSR count). The first-order valence-corrected chi connectivity index (χ1v) is 17.1. The Morgan fingerprint density at radius 2 is 1.22 bits per heavy atom. The van der Waals surface area contributed by atoms with E-state index < -0.39 is 0 Å². The highest BCUT2D eigenvalue weighted by atomic mass is 16.3. The summed E-state index contributed by atoms with van der Waals surface area (Å²) in [5.74, 6) is 0.592. The van der Waals surface area contributed by atoms with Crippen molar-refractivity contribution in [3.8, 4) is 17.2 Å². The fraction of sp³-hybridized carbons (Fsp3) is 0. The summed E-state index contributed by atoms with van der Waals surface area (Å²) in [6.07, 6.45) is 2.14. The van der Waals surface area contributed by atoms with E-state index in [0.717, 1.165) is 93.4 Å². The van der Waals surface area contributed by atoms with E-state index in [1.807, 2.05) is 24.3 Å². The van der Waals surface area contributed by atoms with Crippen LogP contribution in [0.2, 0.25) is 0 Å². The van der Waals surface area contributed by atoms with Crippen LogP contribution < -0.4 is 0 Å². The molecule has 0 atom stereocenters. The molecule has 0 saturated heterocycles. The zero-order valence-corrected chi connectivity index (χ0v) is 27.1. The molecule has 0 N–H and O–H groups in total. The SMILES string of the molecule is c1ccc2c(c1)ccc1c(-c3cccc4oc5ccccc5c34)nc(-n3c4ccc5ccccc5c4c4ccn5c6ccccc6nc5c43)nc12. The topological polar surface area (TPSA) is 61.2 Å². The van der Waals surface area contributed by atoms with Crippen molar-refractivity contribution in [2.75, 3.05) is 0 Å². The van der Waals surface area contributed by atoms with Crippen LogP contribution in [0.3, 0.4) is 0 Å². The first kappa shape index (κ1) is 26.9. The van der Waals surface area contributed by atoms with E-state index >= 15 is 0 Å². The van der Waals surface area contributed by atoms with Gasteiger partial charge in [-0.25, -0.2) is 15.0 Å². The molecule has 0 aliphatic heterocycles. The number of para-hydroxylation sites is 3. The molecule has 12 aromatic rings. The molecular formula is C45H25N5O. The second-order valence-corrected chi connectivity index (χ2v) is 13.2. The van der Waals surface area contributed by atoms with Crippen LogP contribution >= 0.6 is 0 Å². The maximum atomic E-state index is 6.37. The number of hydrogen-bond donors (Lipinski definition) is 0. The van der Waals surface area contributed by atoms with Gasteiger partial charge in [-0.2, -0.15) is 0 Å². The van der Waals surface area contributed by atoms with Crippen LogP contribution in [-0.4, -0.2) is 23.9 Å². The van der Waals surface area contributed by atoms with Crippen LogP contribution in [0.1, 0.15) is 0 Å². The summed E-state index contributed by atoms with van der Waals surface area (Å²) in [6, 6.07) is 50.8. The Balaban J connectivity index is 1.31. The largest absolute Gasteiger partial charge is 0.456 e. The third-order valence-corrected chi connectivity index (χ3v) is 10.5. The molecule has 7 aromatic carbocycles. The Morgan fingerprint density at radius 3 is 2.14 bits per heavy atom. The maximum absolute atomic E-state index is 6.37. The monoisotopic (exact) mass is 651 g/mol. The fourth-order valence-corrected chi connectivity index (χ4v) is 8.32. The van der Waals surface area contributed by atoms with Crippen molar-refractivity contribution in [2.24, 2.45) is 0 Å². The molecule has 0 amide bonds. The molecule has 6 heteroatoms. The molecule has 6 nitrogen and oxygen atoms in total. The van der Waals surface area contributed by atoms with E-state index in [9.17, 15) is 0 Å². The van der Waals surface area contributed by atoms with Crippen LogP contribution in [0.25, 0.3) is 110 Å². The van der Waals surface area contributed by atoms with Gasteiger partial charge in [0.05, 0.1) is 27.8 Å². The van der Waals surface area contributed by atoms with Gasteiger partial charge in [-0.3, -0.25) is 8.97 Å². The van der Waals surface area contributed by atoms with Gasteiger partial charge in [0.25, 0.3) is 0 Å². The number of aromatic nitrogens is 5. The first-order chi connectivity index (χ1) is 25.3. The quantitative estimate of drug-likeness (QED) is 0.175. The molecule has 0 saturated carbocycles. The van der Waals surface area contributed by atoms with E-state index in [0.29, 0.717) is 5.95 Å². The molecular weight excluding hydrogens is 627 g/mol. The average molecular weight is 652 g/mol. The minimum atomic E-state index is 0.592. The molecule has 0 unspecified atom stereocenters. The first-order valence-electron chi connectivity index (χ1n) is 17.1. The van der Waals surface area contributed by atoms with Gasteiger partial charge >= 0.3 is 0 Å². The molecule has 0 radical (unpaired) electrons. The van der Waals surface area contributed by atoms with Crippen LogP contribution in [0, 0.1) is 0 Å². The summed E-state index contributed by atoms with van der Waals surface area (Å²) in [5, 5.41) is 9.92. The molecule has 236 valence electrons. The van der Waals surface area contributed by atoms with Gasteiger partial charge in [-0.05, 0) is 58.6 Å². The second kappa shape index (κ2) is 9.77. The fourth-order valence-electron chi connectivity index (χ4n) is 8.32. The highest BCUT2D eigenvalue weighted by Crippen LogP contribution is 2.42. The number of rotatable bonds is 2. The van der Waals surface area contributed by atoms with Gasteiger partial charge in [-0.1, -0.05) is 103 Å². The van der Waals surface area contributed by atoms with Crippen molar-refractivity contribution < 1.29 is 4.42 Å². The van der Waals surface area contributed by atoms with Crippen LogP contribution in [0.15, 0.2) is 156 Å². The summed E-state index contributed by atoms with van der Waals surface area (Å²) in [4.78, 5) is 16.3. The Morgan fingerprint density at radius 1 is 0.471 bits per heavy atom.